The van der Waals surface area contributed by atoms with Gasteiger partial charge in [-0.05, 0) is 24.1 Å². The first-order valence-corrected chi connectivity index (χ1v) is 5.83. The van der Waals surface area contributed by atoms with E-state index < -0.39 is 5.97 Å². The van der Waals surface area contributed by atoms with Crippen LogP contribution in [0.4, 0.5) is 0 Å². The molecule has 0 saturated heterocycles. The minimum Gasteiger partial charge on any atom is -0.481 e. The van der Waals surface area contributed by atoms with Crippen molar-refractivity contribution in [3.63, 3.8) is 0 Å². The minimum atomic E-state index is -0.834. The van der Waals surface area contributed by atoms with Crippen LogP contribution in [0.25, 0.3) is 10.9 Å². The second-order valence-corrected chi connectivity index (χ2v) is 4.23. The molecule has 0 aliphatic carbocycles. The van der Waals surface area contributed by atoms with Crippen molar-refractivity contribution in [2.75, 3.05) is 7.11 Å². The summed E-state index contributed by atoms with van der Waals surface area (Å²) in [6, 6.07) is 7.18. The van der Waals surface area contributed by atoms with E-state index in [0.29, 0.717) is 17.3 Å². The lowest BCUT2D eigenvalue weighted by atomic mass is 10.1. The fourth-order valence-electron chi connectivity index (χ4n) is 1.74. The van der Waals surface area contributed by atoms with Gasteiger partial charge in [0, 0.05) is 17.9 Å². The Morgan fingerprint density at radius 3 is 2.83 bits per heavy atom. The van der Waals surface area contributed by atoms with Crippen molar-refractivity contribution in [1.82, 2.24) is 4.98 Å². The number of benzene rings is 1. The monoisotopic (exact) mass is 265 g/mol. The smallest absolute Gasteiger partial charge is 0.303 e. The molecule has 2 aromatic rings. The minimum absolute atomic E-state index is 0.0643. The molecule has 5 heteroatoms. The van der Waals surface area contributed by atoms with Gasteiger partial charge in [-0.3, -0.25) is 4.79 Å². The lowest BCUT2D eigenvalue weighted by Gasteiger charge is -2.07. The fraction of sp³-hybridized carbons (Fsp3) is 0.231. The number of hydrogen-bond donors (Lipinski definition) is 1. The number of aryl methyl sites for hydroxylation is 1. The molecule has 0 atom stereocenters. The number of aromatic nitrogens is 1. The van der Waals surface area contributed by atoms with Crippen molar-refractivity contribution in [2.45, 2.75) is 12.8 Å². The third-order valence-corrected chi connectivity index (χ3v) is 3.12. The molecule has 94 valence electrons. The summed E-state index contributed by atoms with van der Waals surface area (Å²) < 4.78 is 5.04. The molecule has 0 aliphatic rings. The van der Waals surface area contributed by atoms with E-state index in [9.17, 15) is 4.79 Å². The van der Waals surface area contributed by atoms with Crippen molar-refractivity contribution >= 4 is 28.5 Å². The number of ether oxygens (including phenoxy) is 1. The largest absolute Gasteiger partial charge is 0.481 e. The van der Waals surface area contributed by atoms with E-state index in [0.717, 1.165) is 16.5 Å². The molecule has 0 amide bonds. The van der Waals surface area contributed by atoms with Crippen molar-refractivity contribution in [3.8, 4) is 5.88 Å². The summed E-state index contributed by atoms with van der Waals surface area (Å²) in [5, 5.41) is 10.0. The molecule has 1 aromatic carbocycles. The van der Waals surface area contributed by atoms with Crippen LogP contribution in [0.5, 0.6) is 5.88 Å². The molecular formula is C13H12ClNO3. The van der Waals surface area contributed by atoms with Crippen LogP contribution in [0.2, 0.25) is 5.02 Å². The summed E-state index contributed by atoms with van der Waals surface area (Å²) in [5.74, 6) is -0.309. The Bertz CT molecular complexity index is 598. The SMILES string of the molecule is COc1ccc2c(Cl)c(CCC(=O)O)ccc2n1. The molecule has 0 saturated carbocycles. The number of fused-ring (bicyclic) bond motifs is 1. The average Bonchev–Trinajstić information content (AvgIpc) is 2.37. The van der Waals surface area contributed by atoms with Gasteiger partial charge in [0.05, 0.1) is 17.6 Å². The van der Waals surface area contributed by atoms with Crippen LogP contribution in [0.3, 0.4) is 0 Å². The van der Waals surface area contributed by atoms with Gasteiger partial charge in [0.1, 0.15) is 0 Å². The van der Waals surface area contributed by atoms with Crippen molar-refractivity contribution in [3.05, 3.63) is 34.9 Å². The Morgan fingerprint density at radius 2 is 2.17 bits per heavy atom. The maximum absolute atomic E-state index is 10.6. The van der Waals surface area contributed by atoms with E-state index in [4.69, 9.17) is 21.4 Å². The summed E-state index contributed by atoms with van der Waals surface area (Å²) in [7, 11) is 1.55. The molecule has 0 spiro atoms. The topological polar surface area (TPSA) is 59.4 Å². The Balaban J connectivity index is 2.41. The Morgan fingerprint density at radius 1 is 1.39 bits per heavy atom. The zero-order valence-electron chi connectivity index (χ0n) is 9.81. The normalized spacial score (nSPS) is 10.6. The van der Waals surface area contributed by atoms with Gasteiger partial charge in [0.2, 0.25) is 5.88 Å². The Hall–Kier alpha value is -1.81. The van der Waals surface area contributed by atoms with Gasteiger partial charge in [-0.2, -0.15) is 0 Å². The summed E-state index contributed by atoms with van der Waals surface area (Å²) >= 11 is 6.25. The van der Waals surface area contributed by atoms with Gasteiger partial charge in [-0.1, -0.05) is 17.7 Å². The summed E-state index contributed by atoms with van der Waals surface area (Å²) in [4.78, 5) is 14.8. The fourth-order valence-corrected chi connectivity index (χ4v) is 2.06. The van der Waals surface area contributed by atoms with Crippen LogP contribution in [0.15, 0.2) is 24.3 Å². The molecule has 0 fully saturated rings. The van der Waals surface area contributed by atoms with Gasteiger partial charge in [-0.15, -0.1) is 0 Å². The van der Waals surface area contributed by atoms with E-state index >= 15 is 0 Å². The van der Waals surface area contributed by atoms with Crippen LogP contribution in [-0.2, 0) is 11.2 Å². The standard InChI is InChI=1S/C13H12ClNO3/c1-18-11-6-4-9-10(15-11)5-2-8(13(9)14)3-7-12(16)17/h2,4-6H,3,7H2,1H3,(H,16,17). The first-order valence-electron chi connectivity index (χ1n) is 5.45. The summed E-state index contributed by atoms with van der Waals surface area (Å²) in [5.41, 5.74) is 1.55. The van der Waals surface area contributed by atoms with Crippen molar-refractivity contribution in [1.29, 1.82) is 0 Å². The second kappa shape index (κ2) is 5.23. The van der Waals surface area contributed by atoms with E-state index in [1.165, 1.54) is 0 Å². The van der Waals surface area contributed by atoms with Crippen molar-refractivity contribution < 1.29 is 14.6 Å². The van der Waals surface area contributed by atoms with Crippen LogP contribution in [0, 0.1) is 0 Å². The lowest BCUT2D eigenvalue weighted by molar-refractivity contribution is -0.136. The molecular weight excluding hydrogens is 254 g/mol. The average molecular weight is 266 g/mol. The molecule has 0 bridgehead atoms. The molecule has 0 radical (unpaired) electrons. The molecule has 4 nitrogen and oxygen atoms in total. The van der Waals surface area contributed by atoms with Gasteiger partial charge in [-0.25, -0.2) is 4.98 Å². The number of pyridine rings is 1. The first kappa shape index (κ1) is 12.6. The number of nitrogens with zero attached hydrogens (tertiary/aromatic N) is 1. The number of carboxylic acids is 1. The highest BCUT2D eigenvalue weighted by molar-refractivity contribution is 6.36. The van der Waals surface area contributed by atoms with Gasteiger partial charge >= 0.3 is 5.97 Å². The quantitative estimate of drug-likeness (QED) is 0.923. The summed E-state index contributed by atoms with van der Waals surface area (Å²) in [6.45, 7) is 0. The number of halogens is 1. The van der Waals surface area contributed by atoms with Gasteiger partial charge < -0.3 is 9.84 Å². The molecule has 0 aliphatic heterocycles. The van der Waals surface area contributed by atoms with Gasteiger partial charge in [0.25, 0.3) is 0 Å². The Labute approximate surface area is 109 Å². The van der Waals surface area contributed by atoms with Crippen LogP contribution in [-0.4, -0.2) is 23.2 Å². The lowest BCUT2D eigenvalue weighted by Crippen LogP contribution is -1.98. The molecule has 1 aromatic heterocycles. The predicted molar refractivity (Wildman–Crippen MR) is 69.3 cm³/mol. The van der Waals surface area contributed by atoms with E-state index in [1.807, 2.05) is 12.1 Å². The molecule has 18 heavy (non-hydrogen) atoms. The van der Waals surface area contributed by atoms with E-state index in [1.54, 1.807) is 19.2 Å². The highest BCUT2D eigenvalue weighted by Crippen LogP contribution is 2.28. The number of carboxylic acid groups (broad SMARTS) is 1. The molecule has 1 N–H and O–H groups in total. The number of rotatable bonds is 4. The van der Waals surface area contributed by atoms with Crippen LogP contribution >= 0.6 is 11.6 Å². The number of carbonyl (C=O) groups is 1. The molecule has 0 unspecified atom stereocenters. The van der Waals surface area contributed by atoms with E-state index in [-0.39, 0.29) is 6.42 Å². The molecule has 1 heterocycles. The second-order valence-electron chi connectivity index (χ2n) is 3.85. The predicted octanol–water partition coefficient (Wildman–Crippen LogP) is 2.91. The maximum atomic E-state index is 10.6. The van der Waals surface area contributed by atoms with E-state index in [2.05, 4.69) is 4.98 Å². The zero-order chi connectivity index (χ0) is 13.1. The highest BCUT2D eigenvalue weighted by Gasteiger charge is 2.09. The third kappa shape index (κ3) is 2.54. The van der Waals surface area contributed by atoms with Crippen molar-refractivity contribution in [2.24, 2.45) is 0 Å². The first-order chi connectivity index (χ1) is 8.61. The highest BCUT2D eigenvalue weighted by atomic mass is 35.5. The summed E-state index contributed by atoms with van der Waals surface area (Å²) in [6.07, 6.45) is 0.477. The maximum Gasteiger partial charge on any atom is 0.303 e. The zero-order valence-corrected chi connectivity index (χ0v) is 10.6. The van der Waals surface area contributed by atoms with Crippen LogP contribution < -0.4 is 4.74 Å². The molecule has 2 rings (SSSR count). The number of methoxy groups -OCH3 is 1. The van der Waals surface area contributed by atoms with Crippen LogP contribution in [0.1, 0.15) is 12.0 Å². The third-order valence-electron chi connectivity index (χ3n) is 2.68. The van der Waals surface area contributed by atoms with Gasteiger partial charge in [0.15, 0.2) is 0 Å². The Kier molecular flexibility index (Phi) is 3.67. The number of hydrogen-bond acceptors (Lipinski definition) is 3. The number of aliphatic carboxylic acids is 1.